The molecule has 0 fully saturated rings. The van der Waals surface area contributed by atoms with Gasteiger partial charge in [0, 0.05) is 4.90 Å². The van der Waals surface area contributed by atoms with Gasteiger partial charge in [0.25, 0.3) is 10.0 Å². The van der Waals surface area contributed by atoms with Crippen molar-refractivity contribution in [3.05, 3.63) is 40.2 Å². The zero-order valence-electron chi connectivity index (χ0n) is 10.0. The lowest BCUT2D eigenvalue weighted by atomic mass is 10.3. The first-order chi connectivity index (χ1) is 9.67. The first-order valence-corrected chi connectivity index (χ1v) is 9.21. The van der Waals surface area contributed by atoms with E-state index in [-0.39, 0.29) is 26.6 Å². The summed E-state index contributed by atoms with van der Waals surface area (Å²) in [6, 6.07) is 8.29. The van der Waals surface area contributed by atoms with E-state index in [9.17, 15) is 21.6 Å². The monoisotopic (exact) mass is 417 g/mol. The predicted molar refractivity (Wildman–Crippen MR) is 81.2 cm³/mol. The van der Waals surface area contributed by atoms with Crippen molar-refractivity contribution in [3.8, 4) is 0 Å². The summed E-state index contributed by atoms with van der Waals surface area (Å²) in [5.74, 6) is 0. The summed E-state index contributed by atoms with van der Waals surface area (Å²) < 4.78 is 64.4. The van der Waals surface area contributed by atoms with Gasteiger partial charge in [0.2, 0.25) is 0 Å². The summed E-state index contributed by atoms with van der Waals surface area (Å²) >= 11 is 3.74. The fourth-order valence-corrected chi connectivity index (χ4v) is 5.18. The molecule has 1 aromatic carbocycles. The summed E-state index contributed by atoms with van der Waals surface area (Å²) in [6.07, 6.45) is 0. The Balaban J connectivity index is 2.31. The summed E-state index contributed by atoms with van der Waals surface area (Å²) in [5.41, 5.74) is -4.60. The van der Waals surface area contributed by atoms with Crippen molar-refractivity contribution in [1.29, 1.82) is 0 Å². The van der Waals surface area contributed by atoms with Gasteiger partial charge in [-0.1, -0.05) is 12.1 Å². The average molecular weight is 418 g/mol. The van der Waals surface area contributed by atoms with E-state index in [1.54, 1.807) is 6.07 Å². The van der Waals surface area contributed by atoms with E-state index in [1.807, 2.05) is 0 Å². The molecule has 0 aliphatic heterocycles. The van der Waals surface area contributed by atoms with Crippen LogP contribution < -0.4 is 4.72 Å². The van der Waals surface area contributed by atoms with Crippen LogP contribution in [0.3, 0.4) is 0 Å². The lowest BCUT2D eigenvalue weighted by Crippen LogP contribution is -2.12. The van der Waals surface area contributed by atoms with Crippen LogP contribution >= 0.6 is 39.0 Å². The van der Waals surface area contributed by atoms with Crippen molar-refractivity contribution < 1.29 is 21.6 Å². The molecule has 0 aliphatic rings. The van der Waals surface area contributed by atoms with Crippen molar-refractivity contribution in [1.82, 2.24) is 0 Å². The molecule has 2 rings (SSSR count). The molecule has 0 saturated carbocycles. The van der Waals surface area contributed by atoms with Crippen LogP contribution in [-0.4, -0.2) is 13.9 Å². The van der Waals surface area contributed by atoms with E-state index >= 15 is 0 Å². The molecule has 0 atom stereocenters. The van der Waals surface area contributed by atoms with Gasteiger partial charge in [-0.05, 0) is 52.0 Å². The van der Waals surface area contributed by atoms with Crippen molar-refractivity contribution in [2.75, 3.05) is 4.72 Å². The number of thiophene rings is 1. The third kappa shape index (κ3) is 4.63. The van der Waals surface area contributed by atoms with Gasteiger partial charge in [-0.15, -0.1) is 11.3 Å². The van der Waals surface area contributed by atoms with Crippen LogP contribution in [0.4, 0.5) is 18.9 Å². The Morgan fingerprint density at radius 1 is 1.14 bits per heavy atom. The largest absolute Gasteiger partial charge is 0.446 e. The van der Waals surface area contributed by atoms with Crippen molar-refractivity contribution in [2.24, 2.45) is 0 Å². The van der Waals surface area contributed by atoms with Crippen LogP contribution in [-0.2, 0) is 10.0 Å². The number of alkyl halides is 3. The number of para-hydroxylation sites is 1. The van der Waals surface area contributed by atoms with Crippen molar-refractivity contribution in [3.63, 3.8) is 0 Å². The minimum Gasteiger partial charge on any atom is -0.278 e. The molecule has 114 valence electrons. The van der Waals surface area contributed by atoms with Crippen molar-refractivity contribution in [2.45, 2.75) is 14.6 Å². The number of thioether (sulfide) groups is 1. The zero-order valence-corrected chi connectivity index (χ0v) is 14.1. The molecule has 0 radical (unpaired) electrons. The maximum atomic E-state index is 12.5. The van der Waals surface area contributed by atoms with Crippen LogP contribution in [0.15, 0.2) is 49.3 Å². The third-order valence-corrected chi connectivity index (χ3v) is 6.46. The van der Waals surface area contributed by atoms with Crippen molar-refractivity contribution >= 4 is 54.7 Å². The molecule has 2 aromatic rings. The SMILES string of the molecule is O=S(=O)(Nc1ccccc1SC(F)(F)F)c1ccc(Br)s1. The van der Waals surface area contributed by atoms with Crippen LogP contribution in [0.5, 0.6) is 0 Å². The fourth-order valence-electron chi connectivity index (χ4n) is 1.40. The van der Waals surface area contributed by atoms with E-state index in [4.69, 9.17) is 0 Å². The molecule has 0 amide bonds. The molecule has 21 heavy (non-hydrogen) atoms. The van der Waals surface area contributed by atoms with Crippen LogP contribution in [0.1, 0.15) is 0 Å². The van der Waals surface area contributed by atoms with Crippen LogP contribution in [0, 0.1) is 0 Å². The molecule has 1 heterocycles. The molecule has 1 aromatic heterocycles. The highest BCUT2D eigenvalue weighted by Gasteiger charge is 2.31. The molecule has 0 bridgehead atoms. The van der Waals surface area contributed by atoms with Crippen LogP contribution in [0.2, 0.25) is 0 Å². The number of hydrogen-bond donors (Lipinski definition) is 1. The standard InChI is InChI=1S/C11H7BrF3NO2S3/c12-9-5-6-10(19-9)21(17,18)16-7-3-1-2-4-8(7)20-11(13,14)15/h1-6,16H. The van der Waals surface area contributed by atoms with Gasteiger partial charge < -0.3 is 0 Å². The van der Waals surface area contributed by atoms with Gasteiger partial charge in [-0.25, -0.2) is 8.42 Å². The van der Waals surface area contributed by atoms with Gasteiger partial charge >= 0.3 is 5.51 Å². The first-order valence-electron chi connectivity index (χ1n) is 5.30. The number of benzene rings is 1. The maximum absolute atomic E-state index is 12.5. The Kier molecular flexibility index (Phi) is 4.91. The van der Waals surface area contributed by atoms with E-state index in [0.29, 0.717) is 3.79 Å². The highest BCUT2D eigenvalue weighted by atomic mass is 79.9. The van der Waals surface area contributed by atoms with E-state index in [2.05, 4.69) is 20.7 Å². The van der Waals surface area contributed by atoms with Gasteiger partial charge in [0.1, 0.15) is 4.21 Å². The van der Waals surface area contributed by atoms with Gasteiger partial charge in [-0.2, -0.15) is 13.2 Å². The zero-order chi connectivity index (χ0) is 15.7. The van der Waals surface area contributed by atoms with E-state index in [0.717, 1.165) is 11.3 Å². The van der Waals surface area contributed by atoms with E-state index in [1.165, 1.54) is 30.3 Å². The number of nitrogens with one attached hydrogen (secondary N) is 1. The Labute approximate surface area is 135 Å². The van der Waals surface area contributed by atoms with Gasteiger partial charge in [-0.3, -0.25) is 4.72 Å². The second-order valence-corrected chi connectivity index (χ2v) is 9.19. The minimum atomic E-state index is -4.49. The molecule has 10 heteroatoms. The molecule has 0 saturated heterocycles. The highest BCUT2D eigenvalue weighted by molar-refractivity contribution is 9.11. The van der Waals surface area contributed by atoms with E-state index < -0.39 is 15.5 Å². The number of anilines is 1. The second-order valence-electron chi connectivity index (χ2n) is 3.71. The summed E-state index contributed by atoms with van der Waals surface area (Å²) in [4.78, 5) is -0.204. The maximum Gasteiger partial charge on any atom is 0.446 e. The molecule has 3 nitrogen and oxygen atoms in total. The Morgan fingerprint density at radius 2 is 1.81 bits per heavy atom. The molecule has 1 N–H and O–H groups in total. The Hall–Kier alpha value is -0.710. The Morgan fingerprint density at radius 3 is 2.38 bits per heavy atom. The topological polar surface area (TPSA) is 46.2 Å². The van der Waals surface area contributed by atoms with Gasteiger partial charge in [0.15, 0.2) is 0 Å². The molecular weight excluding hydrogens is 411 g/mol. The number of sulfonamides is 1. The normalized spacial score (nSPS) is 12.4. The molecular formula is C11H7BrF3NO2S3. The summed E-state index contributed by atoms with van der Waals surface area (Å²) in [6.45, 7) is 0. The number of hydrogen-bond acceptors (Lipinski definition) is 4. The average Bonchev–Trinajstić information content (AvgIpc) is 2.77. The lowest BCUT2D eigenvalue weighted by molar-refractivity contribution is -0.0327. The van der Waals surface area contributed by atoms with Gasteiger partial charge in [0.05, 0.1) is 9.47 Å². The number of halogens is 4. The summed E-state index contributed by atoms with van der Waals surface area (Å²) in [7, 11) is -3.91. The third-order valence-electron chi connectivity index (χ3n) is 2.17. The lowest BCUT2D eigenvalue weighted by Gasteiger charge is -2.12. The fraction of sp³-hybridized carbons (Fsp3) is 0.0909. The molecule has 0 unspecified atom stereocenters. The Bertz CT molecular complexity index is 743. The quantitative estimate of drug-likeness (QED) is 0.717. The summed E-state index contributed by atoms with van der Waals surface area (Å²) in [5, 5.41) is 0. The molecule has 0 spiro atoms. The van der Waals surface area contributed by atoms with Crippen LogP contribution in [0.25, 0.3) is 0 Å². The number of rotatable bonds is 4. The smallest absolute Gasteiger partial charge is 0.278 e. The minimum absolute atomic E-state index is 0.0150. The highest BCUT2D eigenvalue weighted by Crippen LogP contribution is 2.41. The molecule has 0 aliphatic carbocycles. The first kappa shape index (κ1) is 16.7. The second kappa shape index (κ2) is 6.19. The predicted octanol–water partition coefficient (Wildman–Crippen LogP) is 4.92.